The summed E-state index contributed by atoms with van der Waals surface area (Å²) in [5.74, 6) is 0.110. The Bertz CT molecular complexity index is 355. The molecule has 1 atom stereocenters. The van der Waals surface area contributed by atoms with E-state index < -0.39 is 0 Å². The third-order valence-corrected chi connectivity index (χ3v) is 4.10. The fourth-order valence-corrected chi connectivity index (χ4v) is 2.71. The van der Waals surface area contributed by atoms with Gasteiger partial charge in [-0.05, 0) is 19.8 Å². The Kier molecular flexibility index (Phi) is 5.77. The van der Waals surface area contributed by atoms with E-state index in [-0.39, 0.29) is 18.0 Å². The maximum atomic E-state index is 12.0. The number of ether oxygens (including phenoxy) is 1. The molecule has 0 aromatic carbocycles. The smallest absolute Gasteiger partial charge is 0.234 e. The van der Waals surface area contributed by atoms with Crippen LogP contribution in [-0.2, 0) is 9.53 Å². The van der Waals surface area contributed by atoms with Crippen molar-refractivity contribution in [2.45, 2.75) is 31.8 Å². The zero-order chi connectivity index (χ0) is 14.4. The van der Waals surface area contributed by atoms with Gasteiger partial charge in [0.15, 0.2) is 0 Å². The number of hydrogen-bond acceptors (Lipinski definition) is 5. The van der Waals surface area contributed by atoms with Gasteiger partial charge < -0.3 is 10.1 Å². The molecular weight excluding hydrogens is 256 g/mol. The maximum Gasteiger partial charge on any atom is 0.234 e. The Hall–Kier alpha value is -1.16. The zero-order valence-electron chi connectivity index (χ0n) is 12.2. The van der Waals surface area contributed by atoms with E-state index in [0.29, 0.717) is 6.54 Å². The van der Waals surface area contributed by atoms with E-state index in [1.54, 1.807) is 0 Å². The molecule has 2 heterocycles. The SMILES string of the molecule is CC(C#N)N1CCN(CC(=O)NC2CCOCC2)CC1. The van der Waals surface area contributed by atoms with Gasteiger partial charge in [0.25, 0.3) is 0 Å². The number of hydrogen-bond donors (Lipinski definition) is 1. The topological polar surface area (TPSA) is 68.6 Å². The van der Waals surface area contributed by atoms with E-state index in [1.807, 2.05) is 6.92 Å². The molecular formula is C14H24N4O2. The second-order valence-corrected chi connectivity index (χ2v) is 5.57. The highest BCUT2D eigenvalue weighted by Gasteiger charge is 2.23. The number of rotatable bonds is 4. The van der Waals surface area contributed by atoms with Crippen molar-refractivity contribution < 1.29 is 9.53 Å². The van der Waals surface area contributed by atoms with Crippen LogP contribution in [0.4, 0.5) is 0 Å². The van der Waals surface area contributed by atoms with E-state index in [4.69, 9.17) is 10.00 Å². The van der Waals surface area contributed by atoms with E-state index in [2.05, 4.69) is 21.2 Å². The van der Waals surface area contributed by atoms with Crippen molar-refractivity contribution in [3.63, 3.8) is 0 Å². The summed E-state index contributed by atoms with van der Waals surface area (Å²) >= 11 is 0. The number of carbonyl (C=O) groups excluding carboxylic acids is 1. The van der Waals surface area contributed by atoms with E-state index in [0.717, 1.165) is 52.2 Å². The summed E-state index contributed by atoms with van der Waals surface area (Å²) in [4.78, 5) is 16.3. The molecule has 0 radical (unpaired) electrons. The predicted molar refractivity (Wildman–Crippen MR) is 75.1 cm³/mol. The van der Waals surface area contributed by atoms with E-state index >= 15 is 0 Å². The van der Waals surface area contributed by atoms with E-state index in [1.165, 1.54) is 0 Å². The molecule has 1 N–H and O–H groups in total. The van der Waals surface area contributed by atoms with Crippen molar-refractivity contribution in [3.05, 3.63) is 0 Å². The van der Waals surface area contributed by atoms with Crippen LogP contribution in [0.25, 0.3) is 0 Å². The summed E-state index contributed by atoms with van der Waals surface area (Å²) < 4.78 is 5.28. The van der Waals surface area contributed by atoms with Gasteiger partial charge in [-0.1, -0.05) is 0 Å². The summed E-state index contributed by atoms with van der Waals surface area (Å²) in [6.45, 7) is 7.31. The lowest BCUT2D eigenvalue weighted by Crippen LogP contribution is -2.52. The van der Waals surface area contributed by atoms with E-state index in [9.17, 15) is 4.79 Å². The van der Waals surface area contributed by atoms with Crippen molar-refractivity contribution in [3.8, 4) is 6.07 Å². The predicted octanol–water partition coefficient (Wildman–Crippen LogP) is -0.189. The first-order valence-electron chi connectivity index (χ1n) is 7.42. The first-order chi connectivity index (χ1) is 9.69. The minimum absolute atomic E-state index is 0.0341. The second kappa shape index (κ2) is 7.58. The Labute approximate surface area is 120 Å². The molecule has 6 heteroatoms. The molecule has 0 saturated carbocycles. The molecule has 2 saturated heterocycles. The average Bonchev–Trinajstić information content (AvgIpc) is 2.48. The second-order valence-electron chi connectivity index (χ2n) is 5.57. The third-order valence-electron chi connectivity index (χ3n) is 4.10. The molecule has 0 aromatic heterocycles. The molecule has 0 spiro atoms. The van der Waals surface area contributed by atoms with Gasteiger partial charge in [0, 0.05) is 45.4 Å². The van der Waals surface area contributed by atoms with Crippen LogP contribution in [-0.4, -0.2) is 73.7 Å². The number of nitrogens with one attached hydrogen (secondary N) is 1. The monoisotopic (exact) mass is 280 g/mol. The molecule has 112 valence electrons. The number of carbonyl (C=O) groups is 1. The summed E-state index contributed by atoms with van der Waals surface area (Å²) in [6, 6.07) is 2.50. The lowest BCUT2D eigenvalue weighted by molar-refractivity contribution is -0.124. The number of nitriles is 1. The maximum absolute atomic E-state index is 12.0. The van der Waals surface area contributed by atoms with Gasteiger partial charge in [-0.3, -0.25) is 14.6 Å². The van der Waals surface area contributed by atoms with Crippen LogP contribution in [0, 0.1) is 11.3 Å². The Morgan fingerprint density at radius 2 is 2.00 bits per heavy atom. The Balaban J connectivity index is 1.67. The van der Waals surface area contributed by atoms with Gasteiger partial charge in [0.1, 0.15) is 0 Å². The molecule has 2 fully saturated rings. The van der Waals surface area contributed by atoms with Gasteiger partial charge in [-0.2, -0.15) is 5.26 Å². The first kappa shape index (κ1) is 15.2. The van der Waals surface area contributed by atoms with Crippen LogP contribution >= 0.6 is 0 Å². The minimum Gasteiger partial charge on any atom is -0.381 e. The highest BCUT2D eigenvalue weighted by molar-refractivity contribution is 5.78. The number of piperazine rings is 1. The van der Waals surface area contributed by atoms with Crippen molar-refractivity contribution in [2.24, 2.45) is 0 Å². The molecule has 1 amide bonds. The van der Waals surface area contributed by atoms with Crippen LogP contribution in [0.3, 0.4) is 0 Å². The molecule has 2 aliphatic heterocycles. The number of nitrogens with zero attached hydrogens (tertiary/aromatic N) is 3. The molecule has 0 aliphatic carbocycles. The Morgan fingerprint density at radius 1 is 1.35 bits per heavy atom. The van der Waals surface area contributed by atoms with Gasteiger partial charge in [-0.15, -0.1) is 0 Å². The normalized spacial score (nSPS) is 24.0. The fraction of sp³-hybridized carbons (Fsp3) is 0.857. The van der Waals surface area contributed by atoms with Gasteiger partial charge in [-0.25, -0.2) is 0 Å². The third kappa shape index (κ3) is 4.44. The Morgan fingerprint density at radius 3 is 2.60 bits per heavy atom. The van der Waals surface area contributed by atoms with Crippen molar-refractivity contribution in [1.29, 1.82) is 5.26 Å². The zero-order valence-corrected chi connectivity index (χ0v) is 12.2. The van der Waals surface area contributed by atoms with Crippen LogP contribution in [0.1, 0.15) is 19.8 Å². The molecule has 1 unspecified atom stereocenters. The average molecular weight is 280 g/mol. The van der Waals surface area contributed by atoms with Gasteiger partial charge in [0.05, 0.1) is 18.7 Å². The van der Waals surface area contributed by atoms with Crippen LogP contribution in [0.15, 0.2) is 0 Å². The van der Waals surface area contributed by atoms with Gasteiger partial charge >= 0.3 is 0 Å². The largest absolute Gasteiger partial charge is 0.381 e. The molecule has 2 rings (SSSR count). The lowest BCUT2D eigenvalue weighted by atomic mass is 10.1. The van der Waals surface area contributed by atoms with Crippen molar-refractivity contribution in [1.82, 2.24) is 15.1 Å². The first-order valence-corrected chi connectivity index (χ1v) is 7.42. The quantitative estimate of drug-likeness (QED) is 0.773. The summed E-state index contributed by atoms with van der Waals surface area (Å²) in [5, 5.41) is 12.0. The molecule has 2 aliphatic rings. The number of amides is 1. The summed E-state index contributed by atoms with van der Waals surface area (Å²) in [6.07, 6.45) is 1.83. The lowest BCUT2D eigenvalue weighted by Gasteiger charge is -2.35. The van der Waals surface area contributed by atoms with Crippen molar-refractivity contribution in [2.75, 3.05) is 45.9 Å². The molecule has 0 aromatic rings. The molecule has 20 heavy (non-hydrogen) atoms. The summed E-state index contributed by atoms with van der Waals surface area (Å²) in [7, 11) is 0. The van der Waals surface area contributed by atoms with Crippen LogP contribution in [0.5, 0.6) is 0 Å². The highest BCUT2D eigenvalue weighted by Crippen LogP contribution is 2.07. The molecule has 6 nitrogen and oxygen atoms in total. The van der Waals surface area contributed by atoms with Crippen molar-refractivity contribution >= 4 is 5.91 Å². The van der Waals surface area contributed by atoms with Crippen LogP contribution < -0.4 is 5.32 Å². The standard InChI is InChI=1S/C14H24N4O2/c1-12(10-15)18-6-4-17(5-7-18)11-14(19)16-13-2-8-20-9-3-13/h12-13H,2-9,11H2,1H3,(H,16,19). The fourth-order valence-electron chi connectivity index (χ4n) is 2.71. The van der Waals surface area contributed by atoms with Crippen LogP contribution in [0.2, 0.25) is 0 Å². The highest BCUT2D eigenvalue weighted by atomic mass is 16.5. The summed E-state index contributed by atoms with van der Waals surface area (Å²) in [5.41, 5.74) is 0. The van der Waals surface area contributed by atoms with Gasteiger partial charge in [0.2, 0.25) is 5.91 Å². The molecule has 0 bridgehead atoms. The minimum atomic E-state index is -0.0341.